The summed E-state index contributed by atoms with van der Waals surface area (Å²) < 4.78 is 62.2. The first-order valence-electron chi connectivity index (χ1n) is 5.38. The average molecular weight is 361 g/mol. The van der Waals surface area contributed by atoms with Gasteiger partial charge in [0, 0.05) is 6.54 Å². The zero-order valence-electron chi connectivity index (χ0n) is 9.99. The molecule has 0 amide bonds. The molecule has 1 rings (SSSR count). The number of aromatic nitrogens is 3. The minimum Gasteiger partial charge on any atom is -0.244 e. The van der Waals surface area contributed by atoms with Gasteiger partial charge in [-0.3, -0.25) is 0 Å². The Morgan fingerprint density at radius 3 is 2.05 bits per heavy atom. The lowest BCUT2D eigenvalue weighted by atomic mass is 10.2. The van der Waals surface area contributed by atoms with Gasteiger partial charge in [0.05, 0.1) is 0 Å². The minimum atomic E-state index is -5.86. The highest BCUT2D eigenvalue weighted by atomic mass is 35.6. The van der Waals surface area contributed by atoms with Crippen LogP contribution in [0.15, 0.2) is 0 Å². The maximum Gasteiger partial charge on any atom is 0.459 e. The van der Waals surface area contributed by atoms with Crippen molar-refractivity contribution in [1.82, 2.24) is 15.0 Å². The largest absolute Gasteiger partial charge is 0.459 e. The van der Waals surface area contributed by atoms with Crippen molar-refractivity contribution in [2.45, 2.75) is 42.2 Å². The smallest absolute Gasteiger partial charge is 0.244 e. The Bertz CT molecular complexity index is 466. The van der Waals surface area contributed by atoms with Crippen LogP contribution in [-0.2, 0) is 16.3 Å². The third-order valence-electron chi connectivity index (χ3n) is 2.38. The minimum absolute atomic E-state index is 0.0146. The Hall–Kier alpha value is -0.340. The highest BCUT2D eigenvalue weighted by molar-refractivity contribution is 6.66. The Balaban J connectivity index is 3.38. The molecular weight excluding hydrogens is 351 g/mol. The summed E-state index contributed by atoms with van der Waals surface area (Å²) in [4.78, 5) is 0. The van der Waals surface area contributed by atoms with E-state index in [0.29, 0.717) is 12.8 Å². The highest BCUT2D eigenvalue weighted by Crippen LogP contribution is 2.49. The van der Waals surface area contributed by atoms with Crippen LogP contribution < -0.4 is 0 Å². The quantitative estimate of drug-likeness (QED) is 0.582. The van der Waals surface area contributed by atoms with Gasteiger partial charge in [0.1, 0.15) is 5.69 Å². The number of nitrogens with zero attached hydrogens (tertiary/aromatic N) is 3. The SMILES string of the molecule is CCCCn1nnc(C(F)(F)C(F)(F)F)c1C(Cl)(Cl)Cl. The van der Waals surface area contributed by atoms with E-state index < -0.39 is 27.3 Å². The van der Waals surface area contributed by atoms with Crippen molar-refractivity contribution in [2.75, 3.05) is 0 Å². The Labute approximate surface area is 126 Å². The van der Waals surface area contributed by atoms with Crippen LogP contribution in [0.2, 0.25) is 0 Å². The predicted molar refractivity (Wildman–Crippen MR) is 64.1 cm³/mol. The molecule has 0 aliphatic carbocycles. The van der Waals surface area contributed by atoms with Gasteiger partial charge in [-0.25, -0.2) is 4.68 Å². The standard InChI is InChI=1S/C9H9Cl3F5N3/c1-2-3-4-20-6(8(10,11)12)5(18-19-20)7(13,14)9(15,16)17/h2-4H2,1H3. The van der Waals surface area contributed by atoms with Gasteiger partial charge < -0.3 is 0 Å². The number of halogens is 8. The van der Waals surface area contributed by atoms with Gasteiger partial charge in [0.15, 0.2) is 5.69 Å². The zero-order chi connectivity index (χ0) is 15.8. The average Bonchev–Trinajstić information content (AvgIpc) is 2.68. The summed E-state index contributed by atoms with van der Waals surface area (Å²) in [5.74, 6) is -5.25. The van der Waals surface area contributed by atoms with E-state index in [-0.39, 0.29) is 6.54 Å². The third-order valence-corrected chi connectivity index (χ3v) is 2.92. The van der Waals surface area contributed by atoms with E-state index in [4.69, 9.17) is 34.8 Å². The molecule has 20 heavy (non-hydrogen) atoms. The topological polar surface area (TPSA) is 30.7 Å². The first-order chi connectivity index (χ1) is 8.93. The van der Waals surface area contributed by atoms with Gasteiger partial charge in [0.2, 0.25) is 3.79 Å². The molecule has 0 bridgehead atoms. The summed E-state index contributed by atoms with van der Waals surface area (Å²) in [6.45, 7) is 1.80. The maximum absolute atomic E-state index is 13.4. The molecule has 1 aromatic heterocycles. The lowest BCUT2D eigenvalue weighted by Crippen LogP contribution is -2.36. The van der Waals surface area contributed by atoms with Gasteiger partial charge >= 0.3 is 12.1 Å². The van der Waals surface area contributed by atoms with Crippen LogP contribution in [0.1, 0.15) is 31.2 Å². The van der Waals surface area contributed by atoms with Gasteiger partial charge in [0.25, 0.3) is 0 Å². The van der Waals surface area contributed by atoms with E-state index in [1.54, 1.807) is 6.92 Å². The Morgan fingerprint density at radius 2 is 1.65 bits per heavy atom. The number of hydrogen-bond donors (Lipinski definition) is 0. The lowest BCUT2D eigenvalue weighted by Gasteiger charge is -2.21. The van der Waals surface area contributed by atoms with Crippen LogP contribution in [0.25, 0.3) is 0 Å². The van der Waals surface area contributed by atoms with E-state index in [0.717, 1.165) is 4.68 Å². The fourth-order valence-corrected chi connectivity index (χ4v) is 1.96. The van der Waals surface area contributed by atoms with Crippen molar-refractivity contribution in [3.8, 4) is 0 Å². The molecule has 0 fully saturated rings. The van der Waals surface area contributed by atoms with E-state index in [1.165, 1.54) is 0 Å². The number of unbranched alkanes of at least 4 members (excludes halogenated alkanes) is 1. The summed E-state index contributed by atoms with van der Waals surface area (Å²) in [7, 11) is 0. The van der Waals surface area contributed by atoms with Crippen molar-refractivity contribution in [2.24, 2.45) is 0 Å². The summed E-state index contributed by atoms with van der Waals surface area (Å²) >= 11 is 16.4. The summed E-state index contributed by atoms with van der Waals surface area (Å²) in [5, 5.41) is 6.10. The maximum atomic E-state index is 13.4. The summed E-state index contributed by atoms with van der Waals surface area (Å²) in [6.07, 6.45) is -4.76. The van der Waals surface area contributed by atoms with Crippen LogP contribution in [-0.4, -0.2) is 21.2 Å². The molecule has 116 valence electrons. The fourth-order valence-electron chi connectivity index (χ4n) is 1.40. The van der Waals surface area contributed by atoms with E-state index >= 15 is 0 Å². The zero-order valence-corrected chi connectivity index (χ0v) is 12.3. The molecule has 0 aliphatic rings. The molecule has 0 spiro atoms. The van der Waals surface area contributed by atoms with Gasteiger partial charge in [-0.1, -0.05) is 53.4 Å². The van der Waals surface area contributed by atoms with E-state index in [1.807, 2.05) is 0 Å². The van der Waals surface area contributed by atoms with Crippen LogP contribution in [0.4, 0.5) is 22.0 Å². The van der Waals surface area contributed by atoms with Crippen LogP contribution in [0.5, 0.6) is 0 Å². The van der Waals surface area contributed by atoms with Crippen LogP contribution in [0, 0.1) is 0 Å². The number of hydrogen-bond acceptors (Lipinski definition) is 2. The van der Waals surface area contributed by atoms with Crippen molar-refractivity contribution in [1.29, 1.82) is 0 Å². The second-order valence-electron chi connectivity index (χ2n) is 3.93. The fraction of sp³-hybridized carbons (Fsp3) is 0.778. The van der Waals surface area contributed by atoms with Crippen molar-refractivity contribution < 1.29 is 22.0 Å². The molecule has 11 heteroatoms. The molecule has 0 N–H and O–H groups in total. The summed E-state index contributed by atoms with van der Waals surface area (Å²) in [6, 6.07) is 0. The van der Waals surface area contributed by atoms with Crippen molar-refractivity contribution in [3.63, 3.8) is 0 Å². The Kier molecular flexibility index (Phi) is 5.14. The number of aryl methyl sites for hydroxylation is 1. The first-order valence-corrected chi connectivity index (χ1v) is 6.52. The summed E-state index contributed by atoms with van der Waals surface area (Å²) in [5.41, 5.74) is -2.57. The second-order valence-corrected chi connectivity index (χ2v) is 6.21. The molecule has 1 aromatic rings. The number of rotatable bonds is 4. The molecule has 3 nitrogen and oxygen atoms in total. The molecular formula is C9H9Cl3F5N3. The first kappa shape index (κ1) is 17.7. The molecule has 0 atom stereocenters. The second kappa shape index (κ2) is 5.81. The molecule has 0 radical (unpaired) electrons. The van der Waals surface area contributed by atoms with E-state index in [9.17, 15) is 22.0 Å². The molecule has 0 aromatic carbocycles. The number of alkyl halides is 8. The molecule has 0 saturated heterocycles. The monoisotopic (exact) mass is 359 g/mol. The highest BCUT2D eigenvalue weighted by Gasteiger charge is 2.63. The van der Waals surface area contributed by atoms with Gasteiger partial charge in [-0.2, -0.15) is 22.0 Å². The molecule has 1 heterocycles. The van der Waals surface area contributed by atoms with Crippen LogP contribution >= 0.6 is 34.8 Å². The normalized spacial score (nSPS) is 13.8. The van der Waals surface area contributed by atoms with Crippen molar-refractivity contribution >= 4 is 34.8 Å². The van der Waals surface area contributed by atoms with Gasteiger partial charge in [-0.05, 0) is 6.42 Å². The molecule has 0 unspecified atom stereocenters. The van der Waals surface area contributed by atoms with Gasteiger partial charge in [-0.15, -0.1) is 5.10 Å². The third kappa shape index (κ3) is 3.46. The lowest BCUT2D eigenvalue weighted by molar-refractivity contribution is -0.291. The van der Waals surface area contributed by atoms with E-state index in [2.05, 4.69) is 10.3 Å². The Morgan fingerprint density at radius 1 is 1.10 bits per heavy atom. The molecule has 0 aliphatic heterocycles. The van der Waals surface area contributed by atoms with Crippen molar-refractivity contribution in [3.05, 3.63) is 11.4 Å². The predicted octanol–water partition coefficient (Wildman–Crippen LogP) is 4.56. The molecule has 0 saturated carbocycles. The van der Waals surface area contributed by atoms with Crippen LogP contribution in [0.3, 0.4) is 0 Å².